The van der Waals surface area contributed by atoms with Crippen molar-refractivity contribution in [3.05, 3.63) is 101 Å². The maximum Gasteiger partial charge on any atom is 0.255 e. The maximum absolute atomic E-state index is 13.2. The number of nitrogens with two attached hydrogens (primary N) is 1. The Morgan fingerprint density at radius 3 is 2.32 bits per heavy atom. The van der Waals surface area contributed by atoms with E-state index in [4.69, 9.17) is 10.2 Å². The van der Waals surface area contributed by atoms with Crippen molar-refractivity contribution < 1.29 is 13.2 Å². The summed E-state index contributed by atoms with van der Waals surface area (Å²) in [5.74, 6) is -0.225. The molecule has 0 aliphatic heterocycles. The molecule has 8 heteroatoms. The molecule has 0 unspecified atom stereocenters. The van der Waals surface area contributed by atoms with Gasteiger partial charge in [0.05, 0.1) is 16.1 Å². The van der Waals surface area contributed by atoms with Crippen LogP contribution in [0.1, 0.15) is 27.0 Å². The Hall–Kier alpha value is -3.75. The molecule has 3 aromatic carbocycles. The molecular formula is C26H26N4O3S. The number of carbonyl (C=O) groups is 1. The minimum atomic E-state index is -3.73. The Morgan fingerprint density at radius 2 is 1.68 bits per heavy atom. The second-order valence-corrected chi connectivity index (χ2v) is 9.73. The van der Waals surface area contributed by atoms with Crippen LogP contribution in [0.5, 0.6) is 0 Å². The monoisotopic (exact) mass is 474 g/mol. The second-order valence-electron chi connectivity index (χ2n) is 8.17. The average Bonchev–Trinajstić information content (AvgIpc) is 3.27. The largest absolute Gasteiger partial charge is 0.352 e. The van der Waals surface area contributed by atoms with E-state index in [9.17, 15) is 13.2 Å². The van der Waals surface area contributed by atoms with Crippen molar-refractivity contribution in [2.45, 2.75) is 25.2 Å². The van der Waals surface area contributed by atoms with E-state index < -0.39 is 10.0 Å². The minimum absolute atomic E-state index is 0.0617. The number of benzene rings is 3. The number of hydrogen-bond acceptors (Lipinski definition) is 4. The fraction of sp³-hybridized carbons (Fsp3) is 0.154. The minimum Gasteiger partial charge on any atom is -0.352 e. The molecule has 0 fully saturated rings. The fourth-order valence-electron chi connectivity index (χ4n) is 3.62. The molecule has 174 valence electrons. The SMILES string of the molecule is Cc1ccc(-c2nn(-c3ccccc3)cc2C(=O)NCCc2ccc(S(N)(=O)=O)cc2)cc1C. The molecule has 0 atom stereocenters. The Labute approximate surface area is 199 Å². The average molecular weight is 475 g/mol. The van der Waals surface area contributed by atoms with E-state index in [1.807, 2.05) is 62.4 Å². The van der Waals surface area contributed by atoms with Gasteiger partial charge in [-0.3, -0.25) is 4.79 Å². The van der Waals surface area contributed by atoms with Gasteiger partial charge in [0, 0.05) is 18.3 Å². The van der Waals surface area contributed by atoms with Crippen LogP contribution < -0.4 is 10.5 Å². The van der Waals surface area contributed by atoms with E-state index in [1.165, 1.54) is 17.7 Å². The molecule has 7 nitrogen and oxygen atoms in total. The van der Waals surface area contributed by atoms with Gasteiger partial charge in [0.25, 0.3) is 5.91 Å². The number of amides is 1. The normalized spacial score (nSPS) is 11.4. The number of hydrogen-bond donors (Lipinski definition) is 2. The van der Waals surface area contributed by atoms with Crippen LogP contribution in [0.4, 0.5) is 0 Å². The van der Waals surface area contributed by atoms with Crippen LogP contribution in [0.3, 0.4) is 0 Å². The zero-order chi connectivity index (χ0) is 24.3. The lowest BCUT2D eigenvalue weighted by molar-refractivity contribution is 0.0954. The molecule has 3 N–H and O–H groups in total. The number of nitrogens with zero attached hydrogens (tertiary/aromatic N) is 2. The Kier molecular flexibility index (Phi) is 6.63. The smallest absolute Gasteiger partial charge is 0.255 e. The molecule has 1 heterocycles. The van der Waals surface area contributed by atoms with Gasteiger partial charge in [0.1, 0.15) is 5.69 Å². The molecule has 4 aromatic rings. The molecule has 34 heavy (non-hydrogen) atoms. The van der Waals surface area contributed by atoms with Gasteiger partial charge in [0.2, 0.25) is 10.0 Å². The Morgan fingerprint density at radius 1 is 0.971 bits per heavy atom. The quantitative estimate of drug-likeness (QED) is 0.425. The summed E-state index contributed by atoms with van der Waals surface area (Å²) in [5.41, 5.74) is 6.02. The number of carbonyl (C=O) groups excluding carboxylic acids is 1. The maximum atomic E-state index is 13.2. The van der Waals surface area contributed by atoms with E-state index in [0.29, 0.717) is 24.2 Å². The number of primary sulfonamides is 1. The van der Waals surface area contributed by atoms with Crippen molar-refractivity contribution >= 4 is 15.9 Å². The van der Waals surface area contributed by atoms with Gasteiger partial charge < -0.3 is 5.32 Å². The lowest BCUT2D eigenvalue weighted by atomic mass is 10.0. The summed E-state index contributed by atoms with van der Waals surface area (Å²) < 4.78 is 24.5. The van der Waals surface area contributed by atoms with Crippen molar-refractivity contribution in [1.82, 2.24) is 15.1 Å². The number of sulfonamides is 1. The van der Waals surface area contributed by atoms with E-state index in [2.05, 4.69) is 5.32 Å². The molecule has 0 spiro atoms. The first-order valence-electron chi connectivity index (χ1n) is 10.8. The highest BCUT2D eigenvalue weighted by molar-refractivity contribution is 7.89. The van der Waals surface area contributed by atoms with Gasteiger partial charge in [-0.25, -0.2) is 18.2 Å². The fourth-order valence-corrected chi connectivity index (χ4v) is 4.13. The summed E-state index contributed by atoms with van der Waals surface area (Å²) in [6.45, 7) is 4.47. The second kappa shape index (κ2) is 9.62. The zero-order valence-electron chi connectivity index (χ0n) is 19.0. The van der Waals surface area contributed by atoms with Crippen molar-refractivity contribution in [1.29, 1.82) is 0 Å². The lowest BCUT2D eigenvalue weighted by Gasteiger charge is -2.07. The van der Waals surface area contributed by atoms with Crippen LogP contribution in [0, 0.1) is 13.8 Å². The molecule has 1 amide bonds. The third kappa shape index (κ3) is 5.24. The van der Waals surface area contributed by atoms with Crippen LogP contribution in [0.2, 0.25) is 0 Å². The highest BCUT2D eigenvalue weighted by Gasteiger charge is 2.19. The lowest BCUT2D eigenvalue weighted by Crippen LogP contribution is -2.26. The molecule has 0 saturated heterocycles. The zero-order valence-corrected chi connectivity index (χ0v) is 19.8. The van der Waals surface area contributed by atoms with Gasteiger partial charge in [-0.2, -0.15) is 5.10 Å². The van der Waals surface area contributed by atoms with Crippen molar-refractivity contribution in [2.75, 3.05) is 6.54 Å². The number of aryl methyl sites for hydroxylation is 2. The number of aromatic nitrogens is 2. The molecule has 0 radical (unpaired) electrons. The summed E-state index contributed by atoms with van der Waals surface area (Å²) >= 11 is 0. The van der Waals surface area contributed by atoms with Crippen LogP contribution in [-0.4, -0.2) is 30.7 Å². The van der Waals surface area contributed by atoms with Gasteiger partial charge in [-0.15, -0.1) is 0 Å². The van der Waals surface area contributed by atoms with Gasteiger partial charge in [-0.05, 0) is 67.3 Å². The van der Waals surface area contributed by atoms with Crippen LogP contribution in [0.15, 0.2) is 83.9 Å². The summed E-state index contributed by atoms with van der Waals surface area (Å²) in [5, 5.41) is 12.8. The number of nitrogens with one attached hydrogen (secondary N) is 1. The van der Waals surface area contributed by atoms with Crippen molar-refractivity contribution in [3.63, 3.8) is 0 Å². The van der Waals surface area contributed by atoms with Crippen molar-refractivity contribution in [2.24, 2.45) is 5.14 Å². The van der Waals surface area contributed by atoms with Gasteiger partial charge >= 0.3 is 0 Å². The molecular weight excluding hydrogens is 448 g/mol. The topological polar surface area (TPSA) is 107 Å². The van der Waals surface area contributed by atoms with Crippen LogP contribution >= 0.6 is 0 Å². The van der Waals surface area contributed by atoms with E-state index in [1.54, 1.807) is 23.0 Å². The van der Waals surface area contributed by atoms with Crippen molar-refractivity contribution in [3.8, 4) is 16.9 Å². The molecule has 0 saturated carbocycles. The molecule has 4 rings (SSSR count). The number of rotatable bonds is 7. The predicted molar refractivity (Wildman–Crippen MR) is 132 cm³/mol. The summed E-state index contributed by atoms with van der Waals surface area (Å²) in [7, 11) is -3.73. The third-order valence-electron chi connectivity index (χ3n) is 5.71. The van der Waals surface area contributed by atoms with E-state index >= 15 is 0 Å². The summed E-state index contributed by atoms with van der Waals surface area (Å²) in [4.78, 5) is 13.2. The first-order valence-corrected chi connectivity index (χ1v) is 12.4. The van der Waals surface area contributed by atoms with Gasteiger partial charge in [-0.1, -0.05) is 42.5 Å². The van der Waals surface area contributed by atoms with E-state index in [0.717, 1.165) is 22.4 Å². The van der Waals surface area contributed by atoms with Crippen LogP contribution in [-0.2, 0) is 16.4 Å². The molecule has 1 aromatic heterocycles. The standard InChI is InChI=1S/C26H26N4O3S/c1-18-8-11-21(16-19(18)2)25-24(17-30(29-25)22-6-4-3-5-7-22)26(31)28-15-14-20-9-12-23(13-10-20)34(27,32)33/h3-13,16-17H,14-15H2,1-2H3,(H,28,31)(H2,27,32,33). The van der Waals surface area contributed by atoms with E-state index in [-0.39, 0.29) is 10.8 Å². The Balaban J connectivity index is 1.56. The highest BCUT2D eigenvalue weighted by atomic mass is 32.2. The van der Waals surface area contributed by atoms with Crippen LogP contribution in [0.25, 0.3) is 16.9 Å². The Bertz CT molecular complexity index is 1430. The molecule has 0 bridgehead atoms. The highest BCUT2D eigenvalue weighted by Crippen LogP contribution is 2.26. The summed E-state index contributed by atoms with van der Waals surface area (Å²) in [6, 6.07) is 22.0. The molecule has 0 aliphatic rings. The summed E-state index contributed by atoms with van der Waals surface area (Å²) in [6.07, 6.45) is 2.29. The molecule has 0 aliphatic carbocycles. The van der Waals surface area contributed by atoms with Gasteiger partial charge in [0.15, 0.2) is 0 Å². The first kappa shape index (κ1) is 23.4. The first-order chi connectivity index (χ1) is 16.2. The number of para-hydroxylation sites is 1. The third-order valence-corrected chi connectivity index (χ3v) is 6.64. The predicted octanol–water partition coefficient (Wildman–Crippen LogP) is 3.78.